The van der Waals surface area contributed by atoms with Crippen LogP contribution in [0.25, 0.3) is 0 Å². The van der Waals surface area contributed by atoms with Gasteiger partial charge in [0.15, 0.2) is 5.11 Å². The first-order valence-electron chi connectivity index (χ1n) is 5.91. The number of hydrazine groups is 1. The van der Waals surface area contributed by atoms with Crippen molar-refractivity contribution in [3.63, 3.8) is 0 Å². The van der Waals surface area contributed by atoms with Crippen LogP contribution >= 0.6 is 28.1 Å². The largest absolute Gasteiger partial charge is 0.376 e. The second-order valence-corrected chi connectivity index (χ2v) is 5.43. The Kier molecular flexibility index (Phi) is 5.22. The lowest BCUT2D eigenvalue weighted by atomic mass is 10.2. The van der Waals surface area contributed by atoms with E-state index in [9.17, 15) is 0 Å². The van der Waals surface area contributed by atoms with Crippen LogP contribution < -0.4 is 16.2 Å². The van der Waals surface area contributed by atoms with Crippen LogP contribution in [0.3, 0.4) is 0 Å². The number of nitrogens with one attached hydrogen (secondary N) is 3. The molecule has 0 aliphatic carbocycles. The summed E-state index contributed by atoms with van der Waals surface area (Å²) in [4.78, 5) is 0. The molecule has 0 amide bonds. The molecule has 0 unspecified atom stereocenters. The maximum Gasteiger partial charge on any atom is 0.185 e. The van der Waals surface area contributed by atoms with Crippen LogP contribution in [-0.2, 0) is 4.74 Å². The molecule has 1 aliphatic heterocycles. The first-order chi connectivity index (χ1) is 8.74. The number of anilines is 1. The SMILES string of the molecule is S=C(NC[C@@H]1CCCO1)NNc1cccc(Br)c1. The molecule has 0 spiro atoms. The molecule has 0 aromatic heterocycles. The average molecular weight is 330 g/mol. The molecular formula is C12H16BrN3OS. The Balaban J connectivity index is 1.68. The van der Waals surface area contributed by atoms with E-state index in [0.29, 0.717) is 5.11 Å². The van der Waals surface area contributed by atoms with E-state index in [1.54, 1.807) is 0 Å². The lowest BCUT2D eigenvalue weighted by Gasteiger charge is -2.15. The molecule has 1 aliphatic rings. The molecular weight excluding hydrogens is 314 g/mol. The first-order valence-corrected chi connectivity index (χ1v) is 7.11. The van der Waals surface area contributed by atoms with E-state index in [1.807, 2.05) is 24.3 Å². The maximum absolute atomic E-state index is 5.51. The quantitative estimate of drug-likeness (QED) is 0.585. The van der Waals surface area contributed by atoms with Gasteiger partial charge in [-0.2, -0.15) is 0 Å². The van der Waals surface area contributed by atoms with Gasteiger partial charge < -0.3 is 10.1 Å². The summed E-state index contributed by atoms with van der Waals surface area (Å²) < 4.78 is 6.53. The van der Waals surface area contributed by atoms with Crippen LogP contribution in [0, 0.1) is 0 Å². The van der Waals surface area contributed by atoms with Gasteiger partial charge in [0.1, 0.15) is 0 Å². The van der Waals surface area contributed by atoms with E-state index in [2.05, 4.69) is 32.1 Å². The third kappa shape index (κ3) is 4.44. The zero-order valence-electron chi connectivity index (χ0n) is 9.91. The highest BCUT2D eigenvalue weighted by atomic mass is 79.9. The summed E-state index contributed by atoms with van der Waals surface area (Å²) in [5.74, 6) is 0. The van der Waals surface area contributed by atoms with Crippen molar-refractivity contribution < 1.29 is 4.74 Å². The third-order valence-corrected chi connectivity index (χ3v) is 3.40. The van der Waals surface area contributed by atoms with Crippen LogP contribution in [0.2, 0.25) is 0 Å². The highest BCUT2D eigenvalue weighted by molar-refractivity contribution is 9.10. The van der Waals surface area contributed by atoms with E-state index in [-0.39, 0.29) is 6.10 Å². The predicted octanol–water partition coefficient (Wildman–Crippen LogP) is 2.42. The molecule has 4 nitrogen and oxygen atoms in total. The zero-order chi connectivity index (χ0) is 12.8. The van der Waals surface area contributed by atoms with Crippen LogP contribution in [0.1, 0.15) is 12.8 Å². The summed E-state index contributed by atoms with van der Waals surface area (Å²) in [6.07, 6.45) is 2.54. The highest BCUT2D eigenvalue weighted by Crippen LogP contribution is 2.14. The summed E-state index contributed by atoms with van der Waals surface area (Å²) in [5.41, 5.74) is 6.93. The van der Waals surface area contributed by atoms with Gasteiger partial charge in [-0.25, -0.2) is 0 Å². The minimum atomic E-state index is 0.288. The van der Waals surface area contributed by atoms with Crippen LogP contribution in [0.5, 0.6) is 0 Å². The second kappa shape index (κ2) is 6.92. The van der Waals surface area contributed by atoms with Crippen molar-refractivity contribution in [2.75, 3.05) is 18.6 Å². The molecule has 1 aromatic rings. The molecule has 6 heteroatoms. The van der Waals surface area contributed by atoms with Gasteiger partial charge in [-0.3, -0.25) is 10.9 Å². The molecule has 98 valence electrons. The number of benzene rings is 1. The summed E-state index contributed by atoms with van der Waals surface area (Å²) in [7, 11) is 0. The van der Waals surface area contributed by atoms with E-state index in [4.69, 9.17) is 17.0 Å². The molecule has 1 saturated heterocycles. The number of rotatable bonds is 4. The monoisotopic (exact) mass is 329 g/mol. The number of thiocarbonyl (C=S) groups is 1. The molecule has 0 saturated carbocycles. The fourth-order valence-electron chi connectivity index (χ4n) is 1.75. The molecule has 0 radical (unpaired) electrons. The Morgan fingerprint density at radius 1 is 1.50 bits per heavy atom. The summed E-state index contributed by atoms with van der Waals surface area (Å²) in [6.45, 7) is 1.62. The normalized spacial score (nSPS) is 18.4. The molecule has 3 N–H and O–H groups in total. The minimum Gasteiger partial charge on any atom is -0.376 e. The van der Waals surface area contributed by atoms with E-state index >= 15 is 0 Å². The van der Waals surface area contributed by atoms with Gasteiger partial charge in [-0.05, 0) is 43.3 Å². The second-order valence-electron chi connectivity index (χ2n) is 4.11. The average Bonchev–Trinajstić information content (AvgIpc) is 2.87. The number of halogens is 1. The molecule has 1 aromatic carbocycles. The lowest BCUT2D eigenvalue weighted by molar-refractivity contribution is 0.114. The van der Waals surface area contributed by atoms with Crippen molar-refractivity contribution in [1.29, 1.82) is 0 Å². The zero-order valence-corrected chi connectivity index (χ0v) is 12.3. The number of hydrogen-bond acceptors (Lipinski definition) is 3. The van der Waals surface area contributed by atoms with Crippen molar-refractivity contribution in [1.82, 2.24) is 10.7 Å². The van der Waals surface area contributed by atoms with Crippen LogP contribution in [0.4, 0.5) is 5.69 Å². The Hall–Kier alpha value is -0.850. The Bertz CT molecular complexity index is 410. The predicted molar refractivity (Wildman–Crippen MR) is 80.5 cm³/mol. The molecule has 1 atom stereocenters. The minimum absolute atomic E-state index is 0.288. The molecule has 18 heavy (non-hydrogen) atoms. The van der Waals surface area contributed by atoms with Gasteiger partial charge in [0.25, 0.3) is 0 Å². The third-order valence-electron chi connectivity index (χ3n) is 2.66. The number of ether oxygens (including phenoxy) is 1. The van der Waals surface area contributed by atoms with Crippen LogP contribution in [0.15, 0.2) is 28.7 Å². The first kappa shape index (κ1) is 13.6. The molecule has 1 fully saturated rings. The number of hydrogen-bond donors (Lipinski definition) is 3. The summed E-state index contributed by atoms with van der Waals surface area (Å²) >= 11 is 8.58. The van der Waals surface area contributed by atoms with Crippen molar-refractivity contribution >= 4 is 38.9 Å². The fraction of sp³-hybridized carbons (Fsp3) is 0.417. The van der Waals surface area contributed by atoms with E-state index < -0.39 is 0 Å². The van der Waals surface area contributed by atoms with Crippen molar-refractivity contribution in [3.05, 3.63) is 28.7 Å². The van der Waals surface area contributed by atoms with E-state index in [1.165, 1.54) is 0 Å². The van der Waals surface area contributed by atoms with Gasteiger partial charge in [0.05, 0.1) is 11.8 Å². The van der Waals surface area contributed by atoms with Crippen molar-refractivity contribution in [3.8, 4) is 0 Å². The van der Waals surface area contributed by atoms with Crippen molar-refractivity contribution in [2.45, 2.75) is 18.9 Å². The molecule has 0 bridgehead atoms. The Morgan fingerprint density at radius 2 is 2.39 bits per heavy atom. The summed E-state index contributed by atoms with van der Waals surface area (Å²) in [6, 6.07) is 7.85. The Morgan fingerprint density at radius 3 is 3.11 bits per heavy atom. The van der Waals surface area contributed by atoms with Crippen LogP contribution in [-0.4, -0.2) is 24.4 Å². The van der Waals surface area contributed by atoms with Gasteiger partial charge in [-0.15, -0.1) is 0 Å². The Labute approximate surface area is 121 Å². The van der Waals surface area contributed by atoms with Gasteiger partial charge in [0, 0.05) is 17.6 Å². The fourth-order valence-corrected chi connectivity index (χ4v) is 2.28. The van der Waals surface area contributed by atoms with Gasteiger partial charge >= 0.3 is 0 Å². The maximum atomic E-state index is 5.51. The highest BCUT2D eigenvalue weighted by Gasteiger charge is 2.14. The van der Waals surface area contributed by atoms with Gasteiger partial charge in [0.2, 0.25) is 0 Å². The van der Waals surface area contributed by atoms with Crippen molar-refractivity contribution in [2.24, 2.45) is 0 Å². The summed E-state index contributed by atoms with van der Waals surface area (Å²) in [5, 5.41) is 3.71. The van der Waals surface area contributed by atoms with E-state index in [0.717, 1.165) is 36.2 Å². The molecule has 1 heterocycles. The molecule has 2 rings (SSSR count). The smallest absolute Gasteiger partial charge is 0.185 e. The topological polar surface area (TPSA) is 45.3 Å². The standard InChI is InChI=1S/C12H16BrN3OS/c13-9-3-1-4-10(7-9)15-16-12(18)14-8-11-5-2-6-17-11/h1,3-4,7,11,15H,2,5-6,8H2,(H2,14,16,18)/t11-/m0/s1. The lowest BCUT2D eigenvalue weighted by Crippen LogP contribution is -2.41. The van der Waals surface area contributed by atoms with Gasteiger partial charge in [-0.1, -0.05) is 22.0 Å².